The molecule has 1 aromatic carbocycles. The summed E-state index contributed by atoms with van der Waals surface area (Å²) in [5.41, 5.74) is 1.99. The molecule has 1 aliphatic heterocycles. The van der Waals surface area contributed by atoms with Crippen LogP contribution in [0.2, 0.25) is 0 Å². The summed E-state index contributed by atoms with van der Waals surface area (Å²) in [6.45, 7) is 10.4. The van der Waals surface area contributed by atoms with Crippen LogP contribution in [0, 0.1) is 11.8 Å². The van der Waals surface area contributed by atoms with Gasteiger partial charge in [-0.3, -0.25) is 9.47 Å². The number of benzene rings is 1. The van der Waals surface area contributed by atoms with Crippen LogP contribution in [0.4, 0.5) is 5.82 Å². The van der Waals surface area contributed by atoms with Gasteiger partial charge in [-0.1, -0.05) is 38.8 Å². The van der Waals surface area contributed by atoms with Gasteiger partial charge in [0.2, 0.25) is 0 Å². The smallest absolute Gasteiger partial charge is 0.197 e. The molecule has 6 rings (SSSR count). The first kappa shape index (κ1) is 23.2. The molecule has 7 heteroatoms. The summed E-state index contributed by atoms with van der Waals surface area (Å²) >= 11 is 1.60. The van der Waals surface area contributed by atoms with Gasteiger partial charge in [0.25, 0.3) is 0 Å². The van der Waals surface area contributed by atoms with E-state index >= 15 is 0 Å². The molecule has 3 heterocycles. The van der Waals surface area contributed by atoms with Crippen LogP contribution in [-0.2, 0) is 6.54 Å². The molecule has 4 unspecified atom stereocenters. The zero-order valence-corrected chi connectivity index (χ0v) is 21.8. The van der Waals surface area contributed by atoms with Gasteiger partial charge in [-0.05, 0) is 66.6 Å². The van der Waals surface area contributed by atoms with Gasteiger partial charge >= 0.3 is 0 Å². The molecule has 3 aliphatic rings. The molecule has 0 amide bonds. The molecule has 3 aromatic rings. The second-order valence-corrected chi connectivity index (χ2v) is 12.0. The van der Waals surface area contributed by atoms with Crippen LogP contribution in [0.25, 0.3) is 10.1 Å². The maximum absolute atomic E-state index is 11.0. The molecular formula is C28H38N4O2S. The van der Waals surface area contributed by atoms with E-state index in [2.05, 4.69) is 47.9 Å². The van der Waals surface area contributed by atoms with Gasteiger partial charge in [0, 0.05) is 55.8 Å². The zero-order valence-electron chi connectivity index (χ0n) is 21.0. The third-order valence-corrected chi connectivity index (χ3v) is 9.80. The van der Waals surface area contributed by atoms with E-state index in [1.165, 1.54) is 35.8 Å². The Labute approximate surface area is 212 Å². The van der Waals surface area contributed by atoms with Gasteiger partial charge in [0.15, 0.2) is 11.8 Å². The lowest BCUT2D eigenvalue weighted by molar-refractivity contribution is 0.130. The first-order valence-electron chi connectivity index (χ1n) is 13.5. The van der Waals surface area contributed by atoms with E-state index in [0.717, 1.165) is 62.6 Å². The summed E-state index contributed by atoms with van der Waals surface area (Å²) < 4.78 is 7.87. The fraction of sp³-hybridized carbons (Fsp3) is 0.607. The van der Waals surface area contributed by atoms with Gasteiger partial charge in [0.1, 0.15) is 5.82 Å². The highest BCUT2D eigenvalue weighted by Crippen LogP contribution is 2.52. The predicted molar refractivity (Wildman–Crippen MR) is 143 cm³/mol. The Morgan fingerprint density at radius 1 is 0.886 bits per heavy atom. The predicted octanol–water partition coefficient (Wildman–Crippen LogP) is 5.75. The fourth-order valence-electron chi connectivity index (χ4n) is 7.12. The second-order valence-electron chi connectivity index (χ2n) is 11.2. The minimum atomic E-state index is 0.320. The number of piperazine rings is 1. The lowest BCUT2D eigenvalue weighted by Gasteiger charge is -2.40. The minimum absolute atomic E-state index is 0.320. The summed E-state index contributed by atoms with van der Waals surface area (Å²) in [4.78, 5) is 5.08. The zero-order chi connectivity index (χ0) is 24.1. The number of fused-ring (bicyclic) bond motifs is 2. The van der Waals surface area contributed by atoms with Crippen molar-refractivity contribution in [2.75, 3.05) is 37.6 Å². The maximum atomic E-state index is 11.0. The molecule has 0 radical (unpaired) electrons. The molecule has 35 heavy (non-hydrogen) atoms. The summed E-state index contributed by atoms with van der Waals surface area (Å²) in [5, 5.41) is 23.3. The Morgan fingerprint density at radius 2 is 1.51 bits per heavy atom. The van der Waals surface area contributed by atoms with Crippen LogP contribution in [-0.4, -0.2) is 56.8 Å². The molecule has 6 nitrogen and oxygen atoms in total. The number of nitrogens with zero attached hydrogens (tertiary/aromatic N) is 4. The van der Waals surface area contributed by atoms with Crippen molar-refractivity contribution < 1.29 is 10.2 Å². The van der Waals surface area contributed by atoms with Crippen molar-refractivity contribution in [1.29, 1.82) is 0 Å². The number of anilines is 1. The molecule has 0 spiro atoms. The topological polar surface area (TPSA) is 64.8 Å². The van der Waals surface area contributed by atoms with Crippen molar-refractivity contribution in [3.05, 3.63) is 35.4 Å². The van der Waals surface area contributed by atoms with Gasteiger partial charge in [-0.2, -0.15) is 4.37 Å². The monoisotopic (exact) mass is 494 g/mol. The summed E-state index contributed by atoms with van der Waals surface area (Å²) in [7, 11) is 0. The highest BCUT2D eigenvalue weighted by atomic mass is 32.1. The standard InChI is InChI=1S/C28H38N4O2S/c1-18-15-19(2)25-24(18)27(33)32(28(25)34)17-21-8-4-3-7-20(21)16-30-11-13-31(14-12-30)26-22-9-5-6-10-23(22)35-29-26/h5-6,9-10,18-21,33-34H,3-4,7-8,11-17H2,1-2H3. The number of rotatable bonds is 5. The lowest BCUT2D eigenvalue weighted by atomic mass is 9.78. The van der Waals surface area contributed by atoms with E-state index in [9.17, 15) is 10.2 Å². The molecule has 2 N–H and O–H groups in total. The highest BCUT2D eigenvalue weighted by molar-refractivity contribution is 7.13. The van der Waals surface area contributed by atoms with E-state index in [4.69, 9.17) is 4.37 Å². The van der Waals surface area contributed by atoms with Crippen LogP contribution in [0.3, 0.4) is 0 Å². The third-order valence-electron chi connectivity index (χ3n) is 8.98. The largest absolute Gasteiger partial charge is 0.494 e. The van der Waals surface area contributed by atoms with Crippen LogP contribution < -0.4 is 4.90 Å². The molecule has 4 atom stereocenters. The summed E-state index contributed by atoms with van der Waals surface area (Å²) in [6.07, 6.45) is 5.99. The number of aromatic hydroxyl groups is 2. The van der Waals surface area contributed by atoms with Crippen LogP contribution >= 0.6 is 11.5 Å². The molecule has 0 bridgehead atoms. The van der Waals surface area contributed by atoms with Crippen molar-refractivity contribution in [2.24, 2.45) is 11.8 Å². The molecule has 2 fully saturated rings. The van der Waals surface area contributed by atoms with Crippen molar-refractivity contribution in [1.82, 2.24) is 13.8 Å². The van der Waals surface area contributed by atoms with Crippen LogP contribution in [0.1, 0.15) is 68.9 Å². The average molecular weight is 495 g/mol. The normalized spacial score (nSPS) is 27.5. The van der Waals surface area contributed by atoms with Gasteiger partial charge < -0.3 is 15.1 Å². The number of hydrogen-bond donors (Lipinski definition) is 2. The quantitative estimate of drug-likeness (QED) is 0.473. The van der Waals surface area contributed by atoms with Crippen molar-refractivity contribution in [3.8, 4) is 11.8 Å². The van der Waals surface area contributed by atoms with E-state index in [1.54, 1.807) is 11.5 Å². The molecule has 2 aliphatic carbocycles. The Kier molecular flexibility index (Phi) is 6.17. The molecule has 1 saturated heterocycles. The summed E-state index contributed by atoms with van der Waals surface area (Å²) in [5.74, 6) is 3.54. The fourth-order valence-corrected chi connectivity index (χ4v) is 7.91. The van der Waals surface area contributed by atoms with Gasteiger partial charge in [-0.15, -0.1) is 0 Å². The van der Waals surface area contributed by atoms with Gasteiger partial charge in [-0.25, -0.2) is 0 Å². The first-order chi connectivity index (χ1) is 17.0. The average Bonchev–Trinajstić information content (AvgIpc) is 3.50. The number of aromatic nitrogens is 2. The Bertz CT molecular complexity index is 1160. The molecular weight excluding hydrogens is 456 g/mol. The van der Waals surface area contributed by atoms with E-state index < -0.39 is 0 Å². The minimum Gasteiger partial charge on any atom is -0.494 e. The van der Waals surface area contributed by atoms with E-state index in [-0.39, 0.29) is 0 Å². The van der Waals surface area contributed by atoms with Crippen molar-refractivity contribution in [3.63, 3.8) is 0 Å². The Balaban J connectivity index is 1.12. The Hall–Kier alpha value is -2.25. The molecule has 2 aromatic heterocycles. The molecule has 1 saturated carbocycles. The summed E-state index contributed by atoms with van der Waals surface area (Å²) in [6, 6.07) is 8.55. The van der Waals surface area contributed by atoms with E-state index in [0.29, 0.717) is 35.4 Å². The van der Waals surface area contributed by atoms with Crippen LogP contribution in [0.5, 0.6) is 11.8 Å². The SMILES string of the molecule is CC1CC(C)c2c1c(O)n(CC1CCCCC1CN1CCN(c3nsc4ccccc34)CC1)c2O. The first-order valence-corrected chi connectivity index (χ1v) is 14.2. The second kappa shape index (κ2) is 9.32. The Morgan fingerprint density at radius 3 is 2.20 bits per heavy atom. The van der Waals surface area contributed by atoms with Gasteiger partial charge in [0.05, 0.1) is 4.70 Å². The number of hydrogen-bond acceptors (Lipinski definition) is 6. The maximum Gasteiger partial charge on any atom is 0.197 e. The van der Waals surface area contributed by atoms with Crippen LogP contribution in [0.15, 0.2) is 24.3 Å². The molecule has 188 valence electrons. The lowest BCUT2D eigenvalue weighted by Crippen LogP contribution is -2.49. The van der Waals surface area contributed by atoms with Crippen molar-refractivity contribution >= 4 is 27.4 Å². The highest BCUT2D eigenvalue weighted by Gasteiger charge is 2.37. The third kappa shape index (κ3) is 4.10. The van der Waals surface area contributed by atoms with E-state index in [1.807, 2.05) is 4.57 Å². The van der Waals surface area contributed by atoms with Crippen molar-refractivity contribution in [2.45, 2.75) is 64.3 Å².